The molecule has 1 aromatic carbocycles. The minimum atomic E-state index is 0.104. The first kappa shape index (κ1) is 13.0. The van der Waals surface area contributed by atoms with Crippen LogP contribution in [0.1, 0.15) is 25.0 Å². The van der Waals surface area contributed by atoms with Crippen molar-refractivity contribution in [3.05, 3.63) is 41.0 Å². The maximum Gasteiger partial charge on any atom is 0.130 e. The average molecular weight is 226 g/mol. The fraction of sp³-hybridized carbons (Fsp3) is 0.286. The van der Waals surface area contributed by atoms with Gasteiger partial charge in [0.2, 0.25) is 0 Å². The van der Waals surface area contributed by atoms with Gasteiger partial charge in [0.1, 0.15) is 17.7 Å². The van der Waals surface area contributed by atoms with Gasteiger partial charge in [-0.25, -0.2) is 0 Å². The molecule has 0 aromatic heterocycles. The molecule has 0 bridgehead atoms. The Labute approximate surface area is 102 Å². The van der Waals surface area contributed by atoms with Gasteiger partial charge in [-0.2, -0.15) is 10.5 Å². The molecule has 86 valence electrons. The largest absolute Gasteiger partial charge is 0.374 e. The molecule has 0 unspecified atom stereocenters. The molecule has 0 saturated carbocycles. The Morgan fingerprint density at radius 2 is 2.06 bits per heavy atom. The normalized spacial score (nSPS) is 9.47. The second kappa shape index (κ2) is 6.48. The summed E-state index contributed by atoms with van der Waals surface area (Å²) in [5, 5.41) is 17.3. The number of nitriles is 2. The predicted octanol–water partition coefficient (Wildman–Crippen LogP) is 3.04. The van der Waals surface area contributed by atoms with E-state index in [9.17, 15) is 0 Å². The molecule has 1 aromatic rings. The van der Waals surface area contributed by atoms with Gasteiger partial charge < -0.3 is 4.74 Å². The number of nitrogens with zero attached hydrogens (tertiary/aromatic N) is 2. The van der Waals surface area contributed by atoms with E-state index in [0.717, 1.165) is 11.1 Å². The van der Waals surface area contributed by atoms with E-state index in [1.54, 1.807) is 6.08 Å². The van der Waals surface area contributed by atoms with Crippen LogP contribution in [0.5, 0.6) is 0 Å². The molecule has 0 radical (unpaired) electrons. The highest BCUT2D eigenvalue weighted by atomic mass is 16.5. The number of hydrogen-bond acceptors (Lipinski definition) is 3. The summed E-state index contributed by atoms with van der Waals surface area (Å²) in [5.74, 6) is 0. The highest BCUT2D eigenvalue weighted by Gasteiger charge is 1.98. The summed E-state index contributed by atoms with van der Waals surface area (Å²) < 4.78 is 5.49. The van der Waals surface area contributed by atoms with E-state index in [-0.39, 0.29) is 11.7 Å². The lowest BCUT2D eigenvalue weighted by atomic mass is 10.1. The van der Waals surface area contributed by atoms with Crippen molar-refractivity contribution < 1.29 is 4.74 Å². The van der Waals surface area contributed by atoms with Crippen molar-refractivity contribution in [1.29, 1.82) is 10.5 Å². The van der Waals surface area contributed by atoms with Crippen molar-refractivity contribution in [3.63, 3.8) is 0 Å². The first-order chi connectivity index (χ1) is 8.15. The molecule has 1 rings (SSSR count). The lowest BCUT2D eigenvalue weighted by Crippen LogP contribution is -2.02. The van der Waals surface area contributed by atoms with E-state index >= 15 is 0 Å². The highest BCUT2D eigenvalue weighted by Crippen LogP contribution is 2.11. The molecule has 3 heteroatoms. The predicted molar refractivity (Wildman–Crippen MR) is 65.6 cm³/mol. The zero-order valence-corrected chi connectivity index (χ0v) is 9.97. The van der Waals surface area contributed by atoms with Crippen LogP contribution in [0.15, 0.2) is 29.8 Å². The van der Waals surface area contributed by atoms with Crippen LogP contribution >= 0.6 is 0 Å². The summed E-state index contributed by atoms with van der Waals surface area (Å²) in [6.07, 6.45) is 1.75. The summed E-state index contributed by atoms with van der Waals surface area (Å²) >= 11 is 0. The van der Waals surface area contributed by atoms with Crippen LogP contribution in [-0.2, 0) is 11.3 Å². The summed E-state index contributed by atoms with van der Waals surface area (Å²) in [6, 6.07) is 11.3. The summed E-state index contributed by atoms with van der Waals surface area (Å²) in [7, 11) is 0. The van der Waals surface area contributed by atoms with E-state index in [4.69, 9.17) is 15.3 Å². The molecule has 0 aliphatic carbocycles. The minimum absolute atomic E-state index is 0.104. The summed E-state index contributed by atoms with van der Waals surface area (Å²) in [4.78, 5) is 0. The lowest BCUT2D eigenvalue weighted by Gasteiger charge is -2.07. The maximum atomic E-state index is 8.67. The van der Waals surface area contributed by atoms with Crippen LogP contribution in [0.4, 0.5) is 0 Å². The fourth-order valence-electron chi connectivity index (χ4n) is 1.29. The van der Waals surface area contributed by atoms with Crippen LogP contribution in [0.25, 0.3) is 6.08 Å². The Morgan fingerprint density at radius 3 is 2.65 bits per heavy atom. The van der Waals surface area contributed by atoms with Crippen LogP contribution in [-0.4, -0.2) is 6.10 Å². The molecule has 0 saturated heterocycles. The van der Waals surface area contributed by atoms with E-state index in [1.807, 2.05) is 50.3 Å². The van der Waals surface area contributed by atoms with Crippen molar-refractivity contribution in [2.24, 2.45) is 0 Å². The van der Waals surface area contributed by atoms with Gasteiger partial charge in [0.15, 0.2) is 0 Å². The molecule has 0 aliphatic rings. The molecule has 0 heterocycles. The average Bonchev–Trinajstić information content (AvgIpc) is 2.34. The number of rotatable bonds is 4. The van der Waals surface area contributed by atoms with Gasteiger partial charge in [-0.1, -0.05) is 18.2 Å². The van der Waals surface area contributed by atoms with Gasteiger partial charge in [-0.05, 0) is 37.1 Å². The smallest absolute Gasteiger partial charge is 0.130 e. The number of allylic oxidation sites excluding steroid dienone is 1. The van der Waals surface area contributed by atoms with Crippen molar-refractivity contribution in [3.8, 4) is 12.1 Å². The van der Waals surface area contributed by atoms with E-state index in [1.165, 1.54) is 0 Å². The number of hydrogen-bond donors (Lipinski definition) is 0. The fourth-order valence-corrected chi connectivity index (χ4v) is 1.29. The third-order valence-electron chi connectivity index (χ3n) is 2.09. The van der Waals surface area contributed by atoms with E-state index < -0.39 is 0 Å². The maximum absolute atomic E-state index is 8.67. The topological polar surface area (TPSA) is 56.8 Å². The van der Waals surface area contributed by atoms with Crippen molar-refractivity contribution in [2.75, 3.05) is 0 Å². The SMILES string of the molecule is CC(C)OCc1cccc(C=C(C#N)C#N)c1. The third kappa shape index (κ3) is 4.51. The van der Waals surface area contributed by atoms with Crippen LogP contribution in [0.3, 0.4) is 0 Å². The molecular formula is C14H14N2O. The Morgan fingerprint density at radius 1 is 1.35 bits per heavy atom. The molecule has 0 amide bonds. The van der Waals surface area contributed by atoms with Crippen LogP contribution < -0.4 is 0 Å². The highest BCUT2D eigenvalue weighted by molar-refractivity contribution is 5.62. The zero-order chi connectivity index (χ0) is 12.7. The Kier molecular flexibility index (Phi) is 4.94. The number of ether oxygens (including phenoxy) is 1. The first-order valence-corrected chi connectivity index (χ1v) is 5.38. The molecule has 0 fully saturated rings. The van der Waals surface area contributed by atoms with Crippen LogP contribution in [0, 0.1) is 22.7 Å². The molecule has 17 heavy (non-hydrogen) atoms. The van der Waals surface area contributed by atoms with Gasteiger partial charge in [0, 0.05) is 0 Å². The molecule has 0 N–H and O–H groups in total. The molecule has 0 atom stereocenters. The van der Waals surface area contributed by atoms with Gasteiger partial charge in [0.25, 0.3) is 0 Å². The summed E-state index contributed by atoms with van der Waals surface area (Å²) in [5.41, 5.74) is 1.97. The lowest BCUT2D eigenvalue weighted by molar-refractivity contribution is 0.0657. The molecule has 0 aliphatic heterocycles. The quantitative estimate of drug-likeness (QED) is 0.741. The second-order valence-electron chi connectivity index (χ2n) is 3.89. The van der Waals surface area contributed by atoms with E-state index in [2.05, 4.69) is 0 Å². The van der Waals surface area contributed by atoms with E-state index in [0.29, 0.717) is 6.61 Å². The Hall–Kier alpha value is -2.10. The third-order valence-corrected chi connectivity index (χ3v) is 2.09. The van der Waals surface area contributed by atoms with Crippen molar-refractivity contribution >= 4 is 6.08 Å². The Balaban J connectivity index is 2.84. The number of benzene rings is 1. The van der Waals surface area contributed by atoms with Crippen LogP contribution in [0.2, 0.25) is 0 Å². The zero-order valence-electron chi connectivity index (χ0n) is 9.97. The minimum Gasteiger partial charge on any atom is -0.374 e. The van der Waals surface area contributed by atoms with Crippen molar-refractivity contribution in [1.82, 2.24) is 0 Å². The summed E-state index contributed by atoms with van der Waals surface area (Å²) in [6.45, 7) is 4.49. The molecule has 3 nitrogen and oxygen atoms in total. The van der Waals surface area contributed by atoms with Gasteiger partial charge >= 0.3 is 0 Å². The second-order valence-corrected chi connectivity index (χ2v) is 3.89. The van der Waals surface area contributed by atoms with Gasteiger partial charge in [-0.3, -0.25) is 0 Å². The Bertz CT molecular complexity index is 474. The van der Waals surface area contributed by atoms with Gasteiger partial charge in [-0.15, -0.1) is 0 Å². The monoisotopic (exact) mass is 226 g/mol. The molecular weight excluding hydrogens is 212 g/mol. The molecule has 0 spiro atoms. The first-order valence-electron chi connectivity index (χ1n) is 5.38. The van der Waals surface area contributed by atoms with Crippen molar-refractivity contribution in [2.45, 2.75) is 26.6 Å². The standard InChI is InChI=1S/C14H14N2O/c1-11(2)17-10-13-5-3-4-12(6-13)7-14(8-15)9-16/h3-7,11H,10H2,1-2H3. The van der Waals surface area contributed by atoms with Gasteiger partial charge in [0.05, 0.1) is 12.7 Å².